The molecule has 0 bridgehead atoms. The second-order valence-electron chi connectivity index (χ2n) is 4.58. The van der Waals surface area contributed by atoms with Crippen molar-refractivity contribution in [3.63, 3.8) is 0 Å². The van der Waals surface area contributed by atoms with Gasteiger partial charge in [-0.3, -0.25) is 4.79 Å². The van der Waals surface area contributed by atoms with E-state index in [1.807, 2.05) is 4.90 Å². The van der Waals surface area contributed by atoms with Crippen molar-refractivity contribution in [2.24, 2.45) is 5.73 Å². The number of carbonyl (C=O) groups is 1. The van der Waals surface area contributed by atoms with Crippen molar-refractivity contribution in [2.45, 2.75) is 50.9 Å². The Bertz CT molecular complexity index is 245. The van der Waals surface area contributed by atoms with Crippen LogP contribution in [0.3, 0.4) is 0 Å². The van der Waals surface area contributed by atoms with Crippen LogP contribution in [0.5, 0.6) is 0 Å². The average molecular weight is 212 g/mol. The maximum absolute atomic E-state index is 12.1. The molecule has 4 nitrogen and oxygen atoms in total. The highest BCUT2D eigenvalue weighted by Crippen LogP contribution is 2.24. The minimum atomic E-state index is -0.223. The molecule has 0 spiro atoms. The van der Waals surface area contributed by atoms with Crippen LogP contribution in [0.15, 0.2) is 0 Å². The van der Waals surface area contributed by atoms with Crippen LogP contribution >= 0.6 is 0 Å². The molecular formula is C11H20N2O2. The molecule has 0 aromatic rings. The lowest BCUT2D eigenvalue weighted by atomic mass is 10.1. The van der Waals surface area contributed by atoms with Crippen LogP contribution < -0.4 is 5.73 Å². The first-order chi connectivity index (χ1) is 7.22. The van der Waals surface area contributed by atoms with Gasteiger partial charge in [0.25, 0.3) is 5.91 Å². The molecule has 0 aromatic carbocycles. The largest absolute Gasteiger partial charge is 0.364 e. The van der Waals surface area contributed by atoms with Crippen LogP contribution in [-0.2, 0) is 9.53 Å². The Morgan fingerprint density at radius 2 is 2.27 bits per heavy atom. The van der Waals surface area contributed by atoms with Crippen LogP contribution in [0.1, 0.15) is 32.6 Å². The lowest BCUT2D eigenvalue weighted by molar-refractivity contribution is -0.143. The van der Waals surface area contributed by atoms with Crippen molar-refractivity contribution in [3.05, 3.63) is 0 Å². The average Bonchev–Trinajstić information content (AvgIpc) is 2.84. The highest BCUT2D eigenvalue weighted by molar-refractivity contribution is 5.81. The molecule has 15 heavy (non-hydrogen) atoms. The molecule has 86 valence electrons. The summed E-state index contributed by atoms with van der Waals surface area (Å²) < 4.78 is 5.62. The van der Waals surface area contributed by atoms with Crippen LogP contribution in [0, 0.1) is 0 Å². The van der Waals surface area contributed by atoms with Gasteiger partial charge in [-0.25, -0.2) is 0 Å². The Hall–Kier alpha value is -0.610. The zero-order chi connectivity index (χ0) is 10.8. The van der Waals surface area contributed by atoms with E-state index < -0.39 is 0 Å². The fraction of sp³-hybridized carbons (Fsp3) is 0.909. The molecule has 0 aromatic heterocycles. The number of nitrogens with two attached hydrogens (primary N) is 1. The Morgan fingerprint density at radius 3 is 2.80 bits per heavy atom. The van der Waals surface area contributed by atoms with Gasteiger partial charge in [-0.15, -0.1) is 0 Å². The summed E-state index contributed by atoms with van der Waals surface area (Å²) in [6.45, 7) is 3.53. The SMILES string of the molecule is CC1CCCN1C(=O)[C@@H]1CC[C@H](CN)O1. The fourth-order valence-electron chi connectivity index (χ4n) is 2.51. The van der Waals surface area contributed by atoms with Gasteiger partial charge in [0, 0.05) is 19.1 Å². The van der Waals surface area contributed by atoms with Crippen molar-refractivity contribution in [2.75, 3.05) is 13.1 Å². The number of carbonyl (C=O) groups excluding carboxylic acids is 1. The van der Waals surface area contributed by atoms with E-state index in [9.17, 15) is 4.79 Å². The van der Waals surface area contributed by atoms with E-state index in [-0.39, 0.29) is 18.1 Å². The first kappa shape index (κ1) is 10.9. The van der Waals surface area contributed by atoms with E-state index in [4.69, 9.17) is 10.5 Å². The molecule has 2 aliphatic rings. The van der Waals surface area contributed by atoms with Crippen LogP contribution in [0.25, 0.3) is 0 Å². The van der Waals surface area contributed by atoms with Crippen LogP contribution in [0.4, 0.5) is 0 Å². The summed E-state index contributed by atoms with van der Waals surface area (Å²) in [6.07, 6.45) is 3.88. The quantitative estimate of drug-likeness (QED) is 0.725. The van der Waals surface area contributed by atoms with E-state index in [2.05, 4.69) is 6.92 Å². The lowest BCUT2D eigenvalue weighted by Gasteiger charge is -2.24. The molecule has 1 unspecified atom stereocenters. The molecule has 2 heterocycles. The maximum atomic E-state index is 12.1. The summed E-state index contributed by atoms with van der Waals surface area (Å²) in [5.41, 5.74) is 5.53. The standard InChI is InChI=1S/C11H20N2O2/c1-8-3-2-6-13(8)11(14)10-5-4-9(7-12)15-10/h8-10H,2-7,12H2,1H3/t8?,9-,10+/m1/s1. The van der Waals surface area contributed by atoms with Crippen LogP contribution in [0.2, 0.25) is 0 Å². The van der Waals surface area contributed by atoms with Crippen LogP contribution in [-0.4, -0.2) is 42.1 Å². The molecule has 3 atom stereocenters. The first-order valence-electron chi connectivity index (χ1n) is 5.88. The Balaban J connectivity index is 1.91. The summed E-state index contributed by atoms with van der Waals surface area (Å²) in [4.78, 5) is 14.0. The smallest absolute Gasteiger partial charge is 0.251 e. The minimum absolute atomic E-state index is 0.0943. The number of rotatable bonds is 2. The van der Waals surface area contributed by atoms with Gasteiger partial charge in [-0.1, -0.05) is 0 Å². The molecule has 2 N–H and O–H groups in total. The third-order valence-corrected chi connectivity index (χ3v) is 3.48. The number of ether oxygens (including phenoxy) is 1. The first-order valence-corrected chi connectivity index (χ1v) is 5.88. The Kier molecular flexibility index (Phi) is 3.26. The van der Waals surface area contributed by atoms with E-state index in [0.29, 0.717) is 12.6 Å². The summed E-state index contributed by atoms with van der Waals surface area (Å²) in [7, 11) is 0. The molecule has 2 saturated heterocycles. The summed E-state index contributed by atoms with van der Waals surface area (Å²) >= 11 is 0. The van der Waals surface area contributed by atoms with Gasteiger partial charge in [0.1, 0.15) is 6.10 Å². The molecule has 0 saturated carbocycles. The normalized spacial score (nSPS) is 36.1. The fourth-order valence-corrected chi connectivity index (χ4v) is 2.51. The van der Waals surface area contributed by atoms with Gasteiger partial charge >= 0.3 is 0 Å². The zero-order valence-corrected chi connectivity index (χ0v) is 9.32. The number of hydrogen-bond donors (Lipinski definition) is 1. The summed E-state index contributed by atoms with van der Waals surface area (Å²) in [6, 6.07) is 0.387. The minimum Gasteiger partial charge on any atom is -0.364 e. The number of nitrogens with zero attached hydrogens (tertiary/aromatic N) is 1. The molecular weight excluding hydrogens is 192 g/mol. The molecule has 0 aliphatic carbocycles. The molecule has 4 heteroatoms. The second kappa shape index (κ2) is 4.49. The van der Waals surface area contributed by atoms with Gasteiger partial charge in [-0.05, 0) is 32.6 Å². The van der Waals surface area contributed by atoms with Crippen molar-refractivity contribution >= 4 is 5.91 Å². The van der Waals surface area contributed by atoms with E-state index >= 15 is 0 Å². The van der Waals surface area contributed by atoms with Crippen molar-refractivity contribution < 1.29 is 9.53 Å². The van der Waals surface area contributed by atoms with Gasteiger partial charge in [-0.2, -0.15) is 0 Å². The number of amides is 1. The third kappa shape index (κ3) is 2.16. The number of likely N-dealkylation sites (tertiary alicyclic amines) is 1. The lowest BCUT2D eigenvalue weighted by Crippen LogP contribution is -2.41. The summed E-state index contributed by atoms with van der Waals surface area (Å²) in [5.74, 6) is 0.177. The van der Waals surface area contributed by atoms with E-state index in [0.717, 1.165) is 32.2 Å². The summed E-state index contributed by atoms with van der Waals surface area (Å²) in [5, 5.41) is 0. The van der Waals surface area contributed by atoms with Crippen molar-refractivity contribution in [1.82, 2.24) is 4.90 Å². The molecule has 2 aliphatic heterocycles. The Morgan fingerprint density at radius 1 is 1.47 bits per heavy atom. The maximum Gasteiger partial charge on any atom is 0.251 e. The molecule has 0 radical (unpaired) electrons. The molecule has 2 rings (SSSR count). The van der Waals surface area contributed by atoms with Gasteiger partial charge in [0.2, 0.25) is 0 Å². The number of hydrogen-bond acceptors (Lipinski definition) is 3. The topological polar surface area (TPSA) is 55.6 Å². The predicted molar refractivity (Wildman–Crippen MR) is 57.4 cm³/mol. The van der Waals surface area contributed by atoms with E-state index in [1.165, 1.54) is 0 Å². The third-order valence-electron chi connectivity index (χ3n) is 3.48. The predicted octanol–water partition coefficient (Wildman–Crippen LogP) is 0.504. The van der Waals surface area contributed by atoms with Crippen molar-refractivity contribution in [3.8, 4) is 0 Å². The zero-order valence-electron chi connectivity index (χ0n) is 9.32. The highest BCUT2D eigenvalue weighted by Gasteiger charge is 2.35. The second-order valence-corrected chi connectivity index (χ2v) is 4.58. The Labute approximate surface area is 90.8 Å². The van der Waals surface area contributed by atoms with E-state index in [1.54, 1.807) is 0 Å². The van der Waals surface area contributed by atoms with Crippen molar-refractivity contribution in [1.29, 1.82) is 0 Å². The monoisotopic (exact) mass is 212 g/mol. The van der Waals surface area contributed by atoms with Gasteiger partial charge < -0.3 is 15.4 Å². The van der Waals surface area contributed by atoms with Gasteiger partial charge in [0.05, 0.1) is 6.10 Å². The molecule has 1 amide bonds. The highest BCUT2D eigenvalue weighted by atomic mass is 16.5. The molecule has 2 fully saturated rings. The van der Waals surface area contributed by atoms with Gasteiger partial charge in [0.15, 0.2) is 0 Å².